The molecule has 3 atom stereocenters. The summed E-state index contributed by atoms with van der Waals surface area (Å²) in [6.45, 7) is 4.53. The molecular formula is C9H19NS2. The Bertz CT molecular complexity index is 130. The summed E-state index contributed by atoms with van der Waals surface area (Å²) in [4.78, 5) is 0. The maximum atomic E-state index is 6.12. The fourth-order valence-corrected chi connectivity index (χ4v) is 4.55. The average Bonchev–Trinajstić information content (AvgIpc) is 2.05. The zero-order valence-electron chi connectivity index (χ0n) is 7.95. The van der Waals surface area contributed by atoms with Gasteiger partial charge in [-0.25, -0.2) is 0 Å². The Morgan fingerprint density at radius 1 is 1.42 bits per heavy atom. The van der Waals surface area contributed by atoms with Crippen LogP contribution in [-0.4, -0.2) is 28.0 Å². The molecule has 12 heavy (non-hydrogen) atoms. The lowest BCUT2D eigenvalue weighted by Crippen LogP contribution is -2.40. The van der Waals surface area contributed by atoms with Crippen LogP contribution in [0.3, 0.4) is 0 Å². The van der Waals surface area contributed by atoms with Crippen molar-refractivity contribution in [2.45, 2.75) is 43.2 Å². The highest BCUT2D eigenvalue weighted by Gasteiger charge is 2.27. The summed E-state index contributed by atoms with van der Waals surface area (Å²) in [5.74, 6) is 2.60. The third-order valence-corrected chi connectivity index (χ3v) is 5.55. The van der Waals surface area contributed by atoms with Crippen LogP contribution in [0.5, 0.6) is 0 Å². The van der Waals surface area contributed by atoms with Gasteiger partial charge < -0.3 is 5.73 Å². The van der Waals surface area contributed by atoms with E-state index in [4.69, 9.17) is 5.73 Å². The van der Waals surface area contributed by atoms with E-state index in [0.29, 0.717) is 11.3 Å². The van der Waals surface area contributed by atoms with Gasteiger partial charge in [0, 0.05) is 28.0 Å². The molecule has 3 heteroatoms. The molecule has 1 saturated heterocycles. The Balaban J connectivity index is 2.36. The molecule has 1 fully saturated rings. The number of hydrogen-bond donors (Lipinski definition) is 1. The fraction of sp³-hybridized carbons (Fsp3) is 1.00. The normalized spacial score (nSPS) is 33.2. The molecule has 0 saturated carbocycles. The van der Waals surface area contributed by atoms with Crippen LogP contribution in [0.2, 0.25) is 0 Å². The Kier molecular flexibility index (Phi) is 4.84. The molecule has 0 aromatic heterocycles. The lowest BCUT2D eigenvalue weighted by atomic mass is 10.1. The largest absolute Gasteiger partial charge is 0.327 e. The smallest absolute Gasteiger partial charge is 0.0315 e. The van der Waals surface area contributed by atoms with E-state index in [1.54, 1.807) is 0 Å². The summed E-state index contributed by atoms with van der Waals surface area (Å²) in [7, 11) is 0. The third-order valence-electron chi connectivity index (χ3n) is 2.28. The van der Waals surface area contributed by atoms with Gasteiger partial charge in [0.25, 0.3) is 0 Å². The molecule has 1 rings (SSSR count). The fourth-order valence-electron chi connectivity index (χ4n) is 1.62. The molecule has 2 unspecified atom stereocenters. The monoisotopic (exact) mass is 205 g/mol. The topological polar surface area (TPSA) is 26.0 Å². The predicted molar refractivity (Wildman–Crippen MR) is 61.0 cm³/mol. The first-order valence-electron chi connectivity index (χ1n) is 4.74. The van der Waals surface area contributed by atoms with Gasteiger partial charge in [-0.05, 0) is 6.42 Å². The van der Waals surface area contributed by atoms with E-state index in [1.807, 2.05) is 0 Å². The molecule has 72 valence electrons. The Morgan fingerprint density at radius 3 is 2.67 bits per heavy atom. The van der Waals surface area contributed by atoms with Gasteiger partial charge in [0.1, 0.15) is 0 Å². The Hall–Kier alpha value is 0.660. The van der Waals surface area contributed by atoms with Gasteiger partial charge in [-0.2, -0.15) is 23.5 Å². The molecule has 0 spiro atoms. The van der Waals surface area contributed by atoms with Crippen LogP contribution < -0.4 is 5.73 Å². The number of nitrogens with two attached hydrogens (primary N) is 1. The van der Waals surface area contributed by atoms with Gasteiger partial charge in [0.05, 0.1) is 0 Å². The minimum absolute atomic E-state index is 0.419. The summed E-state index contributed by atoms with van der Waals surface area (Å²) in [5, 5.41) is 1.45. The van der Waals surface area contributed by atoms with Gasteiger partial charge in [-0.15, -0.1) is 0 Å². The summed E-state index contributed by atoms with van der Waals surface area (Å²) in [5.41, 5.74) is 6.12. The Morgan fingerprint density at radius 2 is 2.08 bits per heavy atom. The molecule has 0 amide bonds. The molecule has 1 aliphatic rings. The van der Waals surface area contributed by atoms with E-state index in [0.717, 1.165) is 5.25 Å². The molecule has 0 aromatic carbocycles. The maximum Gasteiger partial charge on any atom is 0.0315 e. The van der Waals surface area contributed by atoms with Gasteiger partial charge in [0.2, 0.25) is 0 Å². The van der Waals surface area contributed by atoms with Crippen molar-refractivity contribution in [1.82, 2.24) is 0 Å². The van der Waals surface area contributed by atoms with Crippen molar-refractivity contribution in [1.29, 1.82) is 0 Å². The molecule has 2 N–H and O–H groups in total. The zero-order valence-corrected chi connectivity index (χ0v) is 9.59. The molecule has 0 aliphatic carbocycles. The molecule has 1 nitrogen and oxygen atoms in total. The number of hydrogen-bond acceptors (Lipinski definition) is 3. The van der Waals surface area contributed by atoms with Crippen molar-refractivity contribution < 1.29 is 0 Å². The zero-order chi connectivity index (χ0) is 8.97. The van der Waals surface area contributed by atoms with Crippen molar-refractivity contribution >= 4 is 23.5 Å². The van der Waals surface area contributed by atoms with E-state index in [1.165, 1.54) is 24.3 Å². The Labute approximate surface area is 84.2 Å². The van der Waals surface area contributed by atoms with E-state index in [2.05, 4.69) is 37.4 Å². The van der Waals surface area contributed by atoms with E-state index < -0.39 is 0 Å². The van der Waals surface area contributed by atoms with Crippen molar-refractivity contribution in [2.75, 3.05) is 11.5 Å². The number of rotatable bonds is 3. The second-order valence-corrected chi connectivity index (χ2v) is 6.13. The molecule has 0 bridgehead atoms. The van der Waals surface area contributed by atoms with Gasteiger partial charge >= 0.3 is 0 Å². The molecule has 1 heterocycles. The van der Waals surface area contributed by atoms with Gasteiger partial charge in [-0.1, -0.05) is 20.3 Å². The molecular weight excluding hydrogens is 186 g/mol. The minimum atomic E-state index is 0.419. The van der Waals surface area contributed by atoms with Crippen LogP contribution in [0.1, 0.15) is 26.7 Å². The summed E-state index contributed by atoms with van der Waals surface area (Å²) < 4.78 is 0. The van der Waals surface area contributed by atoms with E-state index >= 15 is 0 Å². The van der Waals surface area contributed by atoms with Crippen LogP contribution in [0.15, 0.2) is 0 Å². The maximum absolute atomic E-state index is 6.12. The van der Waals surface area contributed by atoms with Crippen LogP contribution >= 0.6 is 23.5 Å². The summed E-state index contributed by atoms with van der Waals surface area (Å²) >= 11 is 4.15. The lowest BCUT2D eigenvalue weighted by molar-refractivity contribution is 0.571. The predicted octanol–water partition coefficient (Wildman–Crippen LogP) is 2.35. The van der Waals surface area contributed by atoms with Crippen molar-refractivity contribution in [3.05, 3.63) is 0 Å². The lowest BCUT2D eigenvalue weighted by Gasteiger charge is -2.32. The molecule has 0 radical (unpaired) electrons. The first kappa shape index (κ1) is 10.7. The quantitative estimate of drug-likeness (QED) is 0.766. The van der Waals surface area contributed by atoms with Crippen LogP contribution in [0.25, 0.3) is 0 Å². The molecule has 0 aromatic rings. The van der Waals surface area contributed by atoms with Crippen molar-refractivity contribution in [3.8, 4) is 0 Å². The highest BCUT2D eigenvalue weighted by Crippen LogP contribution is 2.33. The highest BCUT2D eigenvalue weighted by atomic mass is 32.2. The standard InChI is InChI=1S/C9H19NS2/c1-3-4-8(10)9-7(2)11-5-6-12-9/h7-9H,3-6,10H2,1-2H3/t7?,8-,9?/m1/s1. The SMILES string of the molecule is CCC[C@@H](N)C1SCCSC1C. The van der Waals surface area contributed by atoms with Crippen molar-refractivity contribution in [2.24, 2.45) is 5.73 Å². The average molecular weight is 205 g/mol. The first-order chi connectivity index (χ1) is 5.75. The first-order valence-corrected chi connectivity index (χ1v) is 6.84. The van der Waals surface area contributed by atoms with Crippen molar-refractivity contribution in [3.63, 3.8) is 0 Å². The summed E-state index contributed by atoms with van der Waals surface area (Å²) in [6, 6.07) is 0.419. The summed E-state index contributed by atoms with van der Waals surface area (Å²) in [6.07, 6.45) is 2.40. The van der Waals surface area contributed by atoms with E-state index in [9.17, 15) is 0 Å². The van der Waals surface area contributed by atoms with Crippen LogP contribution in [0, 0.1) is 0 Å². The molecule has 1 aliphatic heterocycles. The van der Waals surface area contributed by atoms with Gasteiger partial charge in [0.15, 0.2) is 0 Å². The van der Waals surface area contributed by atoms with Crippen LogP contribution in [-0.2, 0) is 0 Å². The second-order valence-electron chi connectivity index (χ2n) is 3.36. The van der Waals surface area contributed by atoms with Gasteiger partial charge in [-0.3, -0.25) is 0 Å². The van der Waals surface area contributed by atoms with E-state index in [-0.39, 0.29) is 0 Å². The highest BCUT2D eigenvalue weighted by molar-refractivity contribution is 8.07. The minimum Gasteiger partial charge on any atom is -0.327 e. The third kappa shape index (κ3) is 2.86. The second kappa shape index (κ2) is 5.40. The van der Waals surface area contributed by atoms with Crippen LogP contribution in [0.4, 0.5) is 0 Å². The number of thioether (sulfide) groups is 2.